The topological polar surface area (TPSA) is 21.7 Å². The van der Waals surface area contributed by atoms with Crippen molar-refractivity contribution in [2.75, 3.05) is 39.5 Å². The lowest BCUT2D eigenvalue weighted by Crippen LogP contribution is -2.37. The van der Waals surface area contributed by atoms with Crippen molar-refractivity contribution in [3.63, 3.8) is 0 Å². The standard InChI is InChI=1S/C18H23NO2/c1-15-13-16-5-2-3-6-17(16)14-18(15)21-10-4-7-19-8-11-20-12-9-19/h2-3,5-6,13-14H,4,7-12H2,1H3. The van der Waals surface area contributed by atoms with Gasteiger partial charge in [0.1, 0.15) is 5.75 Å². The predicted molar refractivity (Wildman–Crippen MR) is 86.1 cm³/mol. The van der Waals surface area contributed by atoms with Crippen molar-refractivity contribution in [1.29, 1.82) is 0 Å². The van der Waals surface area contributed by atoms with Crippen molar-refractivity contribution >= 4 is 10.8 Å². The summed E-state index contributed by atoms with van der Waals surface area (Å²) in [5.74, 6) is 1.01. The number of aryl methyl sites for hydroxylation is 1. The van der Waals surface area contributed by atoms with Crippen molar-refractivity contribution in [2.24, 2.45) is 0 Å². The minimum absolute atomic E-state index is 0.774. The van der Waals surface area contributed by atoms with E-state index < -0.39 is 0 Å². The van der Waals surface area contributed by atoms with Gasteiger partial charge in [-0.05, 0) is 41.8 Å². The highest BCUT2D eigenvalue weighted by atomic mass is 16.5. The van der Waals surface area contributed by atoms with E-state index in [1.807, 2.05) is 0 Å². The van der Waals surface area contributed by atoms with Crippen molar-refractivity contribution in [1.82, 2.24) is 4.90 Å². The molecule has 0 saturated carbocycles. The summed E-state index contributed by atoms with van der Waals surface area (Å²) in [7, 11) is 0. The van der Waals surface area contributed by atoms with Crippen LogP contribution >= 0.6 is 0 Å². The van der Waals surface area contributed by atoms with Crippen LogP contribution < -0.4 is 4.74 Å². The van der Waals surface area contributed by atoms with E-state index in [0.29, 0.717) is 0 Å². The first-order chi connectivity index (χ1) is 10.3. The second-order valence-electron chi connectivity index (χ2n) is 5.62. The van der Waals surface area contributed by atoms with Gasteiger partial charge >= 0.3 is 0 Å². The third kappa shape index (κ3) is 3.74. The fourth-order valence-electron chi connectivity index (χ4n) is 2.78. The molecule has 112 valence electrons. The normalized spacial score (nSPS) is 16.2. The van der Waals surface area contributed by atoms with Crippen LogP contribution in [0.5, 0.6) is 5.75 Å². The molecular weight excluding hydrogens is 262 g/mol. The third-order valence-electron chi connectivity index (χ3n) is 4.02. The fraction of sp³-hybridized carbons (Fsp3) is 0.444. The van der Waals surface area contributed by atoms with E-state index in [1.54, 1.807) is 0 Å². The highest BCUT2D eigenvalue weighted by Crippen LogP contribution is 2.25. The molecule has 0 radical (unpaired) electrons. The van der Waals surface area contributed by atoms with E-state index in [1.165, 1.54) is 16.3 Å². The van der Waals surface area contributed by atoms with Crippen molar-refractivity contribution in [3.05, 3.63) is 42.0 Å². The summed E-state index contributed by atoms with van der Waals surface area (Å²) in [5, 5.41) is 2.52. The van der Waals surface area contributed by atoms with Gasteiger partial charge in [0.05, 0.1) is 19.8 Å². The molecule has 3 nitrogen and oxygen atoms in total. The van der Waals surface area contributed by atoms with E-state index in [9.17, 15) is 0 Å². The zero-order valence-corrected chi connectivity index (χ0v) is 12.7. The molecule has 0 amide bonds. The number of hydrogen-bond acceptors (Lipinski definition) is 3. The number of rotatable bonds is 5. The van der Waals surface area contributed by atoms with Gasteiger partial charge in [-0.15, -0.1) is 0 Å². The first kappa shape index (κ1) is 14.4. The molecule has 0 spiro atoms. The van der Waals surface area contributed by atoms with Gasteiger partial charge in [0.15, 0.2) is 0 Å². The molecule has 3 heteroatoms. The second kappa shape index (κ2) is 6.92. The van der Waals surface area contributed by atoms with Crippen LogP contribution in [0.2, 0.25) is 0 Å². The molecule has 1 saturated heterocycles. The van der Waals surface area contributed by atoms with E-state index in [4.69, 9.17) is 9.47 Å². The zero-order valence-electron chi connectivity index (χ0n) is 12.7. The smallest absolute Gasteiger partial charge is 0.122 e. The van der Waals surface area contributed by atoms with Crippen molar-refractivity contribution in [3.8, 4) is 5.75 Å². The maximum absolute atomic E-state index is 5.98. The monoisotopic (exact) mass is 285 g/mol. The molecular formula is C18H23NO2. The van der Waals surface area contributed by atoms with Gasteiger partial charge in [-0.3, -0.25) is 4.90 Å². The second-order valence-corrected chi connectivity index (χ2v) is 5.62. The molecule has 2 aromatic rings. The lowest BCUT2D eigenvalue weighted by atomic mass is 10.1. The summed E-state index contributed by atoms with van der Waals surface area (Å²) >= 11 is 0. The van der Waals surface area contributed by atoms with Gasteiger partial charge in [0.25, 0.3) is 0 Å². The van der Waals surface area contributed by atoms with Gasteiger partial charge in [-0.25, -0.2) is 0 Å². The Balaban J connectivity index is 1.53. The molecule has 3 rings (SSSR count). The summed E-state index contributed by atoms with van der Waals surface area (Å²) in [4.78, 5) is 2.44. The number of fused-ring (bicyclic) bond motifs is 1. The highest BCUT2D eigenvalue weighted by Gasteiger charge is 2.09. The Kier molecular flexibility index (Phi) is 4.73. The molecule has 21 heavy (non-hydrogen) atoms. The molecule has 1 fully saturated rings. The average Bonchev–Trinajstić information content (AvgIpc) is 2.53. The lowest BCUT2D eigenvalue weighted by Gasteiger charge is -2.26. The zero-order chi connectivity index (χ0) is 14.5. The molecule has 0 bridgehead atoms. The highest BCUT2D eigenvalue weighted by molar-refractivity contribution is 5.84. The molecule has 0 aliphatic carbocycles. The minimum Gasteiger partial charge on any atom is -0.493 e. The van der Waals surface area contributed by atoms with E-state index in [0.717, 1.165) is 51.6 Å². The van der Waals surface area contributed by atoms with Gasteiger partial charge in [0.2, 0.25) is 0 Å². The first-order valence-electron chi connectivity index (χ1n) is 7.75. The van der Waals surface area contributed by atoms with Gasteiger partial charge in [0, 0.05) is 19.6 Å². The fourth-order valence-corrected chi connectivity index (χ4v) is 2.78. The summed E-state index contributed by atoms with van der Waals surface area (Å²) in [6.45, 7) is 7.82. The third-order valence-corrected chi connectivity index (χ3v) is 4.02. The minimum atomic E-state index is 0.774. The number of benzene rings is 2. The molecule has 1 heterocycles. The largest absolute Gasteiger partial charge is 0.493 e. The van der Waals surface area contributed by atoms with Crippen LogP contribution in [0.3, 0.4) is 0 Å². The number of morpholine rings is 1. The van der Waals surface area contributed by atoms with Crippen LogP contribution in [0.1, 0.15) is 12.0 Å². The Hall–Kier alpha value is -1.58. The summed E-state index contributed by atoms with van der Waals surface area (Å²) in [6.07, 6.45) is 1.06. The summed E-state index contributed by atoms with van der Waals surface area (Å²) < 4.78 is 11.3. The van der Waals surface area contributed by atoms with Gasteiger partial charge in [-0.2, -0.15) is 0 Å². The molecule has 1 aliphatic heterocycles. The molecule has 1 aliphatic rings. The Bertz CT molecular complexity index is 591. The first-order valence-corrected chi connectivity index (χ1v) is 7.75. The molecule has 2 aromatic carbocycles. The number of nitrogens with zero attached hydrogens (tertiary/aromatic N) is 1. The average molecular weight is 285 g/mol. The van der Waals surface area contributed by atoms with Crippen molar-refractivity contribution in [2.45, 2.75) is 13.3 Å². The Labute approximate surface area is 126 Å². The van der Waals surface area contributed by atoms with Gasteiger partial charge in [-0.1, -0.05) is 24.3 Å². The number of ether oxygens (including phenoxy) is 2. The van der Waals surface area contributed by atoms with E-state index >= 15 is 0 Å². The van der Waals surface area contributed by atoms with Crippen LogP contribution in [-0.2, 0) is 4.74 Å². The Morgan fingerprint density at radius 1 is 1.10 bits per heavy atom. The maximum atomic E-state index is 5.98. The van der Waals surface area contributed by atoms with Crippen LogP contribution in [0.4, 0.5) is 0 Å². The van der Waals surface area contributed by atoms with Crippen molar-refractivity contribution < 1.29 is 9.47 Å². The van der Waals surface area contributed by atoms with Crippen LogP contribution in [-0.4, -0.2) is 44.4 Å². The van der Waals surface area contributed by atoms with E-state index in [-0.39, 0.29) is 0 Å². The summed E-state index contributed by atoms with van der Waals surface area (Å²) in [5.41, 5.74) is 1.21. The molecule has 0 atom stereocenters. The van der Waals surface area contributed by atoms with E-state index in [2.05, 4.69) is 48.2 Å². The number of hydrogen-bond donors (Lipinski definition) is 0. The summed E-state index contributed by atoms with van der Waals surface area (Å²) in [6, 6.07) is 12.8. The quantitative estimate of drug-likeness (QED) is 0.787. The molecule has 0 aromatic heterocycles. The molecule has 0 N–H and O–H groups in total. The SMILES string of the molecule is Cc1cc2ccccc2cc1OCCCN1CCOCC1. The predicted octanol–water partition coefficient (Wildman–Crippen LogP) is 3.25. The van der Waals surface area contributed by atoms with Crippen LogP contribution in [0.15, 0.2) is 36.4 Å². The van der Waals surface area contributed by atoms with Gasteiger partial charge < -0.3 is 9.47 Å². The van der Waals surface area contributed by atoms with Crippen LogP contribution in [0, 0.1) is 6.92 Å². The molecule has 0 unspecified atom stereocenters. The Morgan fingerprint density at radius 3 is 2.57 bits per heavy atom. The maximum Gasteiger partial charge on any atom is 0.122 e. The Morgan fingerprint density at radius 2 is 1.81 bits per heavy atom. The lowest BCUT2D eigenvalue weighted by molar-refractivity contribution is 0.0358. The van der Waals surface area contributed by atoms with Crippen LogP contribution in [0.25, 0.3) is 10.8 Å².